The van der Waals surface area contributed by atoms with Gasteiger partial charge in [0, 0.05) is 0 Å². The van der Waals surface area contributed by atoms with Crippen molar-refractivity contribution in [1.29, 1.82) is 0 Å². The molecule has 0 saturated carbocycles. The predicted molar refractivity (Wildman–Crippen MR) is 60.7 cm³/mol. The second-order valence-electron chi connectivity index (χ2n) is 3.28. The number of benzene rings is 1. The number of carbonyl (C=O) groups excluding carboxylic acids is 1. The average molecular weight is 294 g/mol. The summed E-state index contributed by atoms with van der Waals surface area (Å²) in [7, 11) is 0. The molecule has 1 rings (SSSR count). The zero-order chi connectivity index (χ0) is 14.6. The number of phenols is 2. The molecule has 19 heavy (non-hydrogen) atoms. The van der Waals surface area contributed by atoms with E-state index in [1.165, 1.54) is 17.4 Å². The fourth-order valence-corrected chi connectivity index (χ4v) is 1.18. The molecule has 1 aromatic rings. The van der Waals surface area contributed by atoms with E-state index in [1.54, 1.807) is 0 Å². The number of hydrogen-bond acceptors (Lipinski definition) is 3. The van der Waals surface area contributed by atoms with E-state index in [2.05, 4.69) is 11.8 Å². The Morgan fingerprint density at radius 1 is 1.37 bits per heavy atom. The highest BCUT2D eigenvalue weighted by molar-refractivity contribution is 6.33. The molecule has 0 atom stereocenters. The van der Waals surface area contributed by atoms with Crippen LogP contribution in [0.4, 0.5) is 13.2 Å². The van der Waals surface area contributed by atoms with Crippen molar-refractivity contribution >= 4 is 17.5 Å². The highest BCUT2D eigenvalue weighted by Gasteiger charge is 2.38. The second-order valence-corrected chi connectivity index (χ2v) is 3.66. The van der Waals surface area contributed by atoms with Gasteiger partial charge in [-0.2, -0.15) is 13.2 Å². The van der Waals surface area contributed by atoms with Gasteiger partial charge < -0.3 is 15.5 Å². The van der Waals surface area contributed by atoms with Crippen LogP contribution in [-0.2, 0) is 4.79 Å². The zero-order valence-corrected chi connectivity index (χ0v) is 9.93. The number of halogens is 4. The Kier molecular flexibility index (Phi) is 4.51. The van der Waals surface area contributed by atoms with Gasteiger partial charge in [0.25, 0.3) is 0 Å². The molecule has 4 nitrogen and oxygen atoms in total. The van der Waals surface area contributed by atoms with Crippen molar-refractivity contribution < 1.29 is 28.2 Å². The molecule has 0 unspecified atom stereocenters. The summed E-state index contributed by atoms with van der Waals surface area (Å²) in [5.41, 5.74) is 0.0176. The Morgan fingerprint density at radius 3 is 2.58 bits per heavy atom. The number of amides is 1. The summed E-state index contributed by atoms with van der Waals surface area (Å²) in [5, 5.41) is 19.8. The number of aromatic hydroxyl groups is 2. The van der Waals surface area contributed by atoms with E-state index in [0.29, 0.717) is 0 Å². The SMILES string of the molecule is O=C(NCC#Cc1ccc(O)c(Cl)c1O)C(F)(F)F. The third-order valence-corrected chi connectivity index (χ3v) is 2.29. The third-order valence-electron chi connectivity index (χ3n) is 1.91. The molecular formula is C11H7ClF3NO3. The van der Waals surface area contributed by atoms with E-state index in [0.717, 1.165) is 0 Å². The summed E-state index contributed by atoms with van der Waals surface area (Å²) in [4.78, 5) is 10.4. The lowest BCUT2D eigenvalue weighted by Gasteiger charge is -2.04. The van der Waals surface area contributed by atoms with Crippen LogP contribution in [0, 0.1) is 11.8 Å². The Morgan fingerprint density at radius 2 is 2.00 bits per heavy atom. The summed E-state index contributed by atoms with van der Waals surface area (Å²) in [5.74, 6) is 1.58. The van der Waals surface area contributed by atoms with Gasteiger partial charge in [-0.3, -0.25) is 4.79 Å². The molecule has 0 saturated heterocycles. The lowest BCUT2D eigenvalue weighted by molar-refractivity contribution is -0.173. The molecule has 0 aliphatic carbocycles. The molecule has 0 heterocycles. The van der Waals surface area contributed by atoms with Crippen LogP contribution in [0.25, 0.3) is 0 Å². The van der Waals surface area contributed by atoms with Crippen LogP contribution in [0.2, 0.25) is 5.02 Å². The van der Waals surface area contributed by atoms with Crippen LogP contribution in [0.1, 0.15) is 5.56 Å². The largest absolute Gasteiger partial charge is 0.506 e. The molecule has 102 valence electrons. The second kappa shape index (κ2) is 5.71. The van der Waals surface area contributed by atoms with Crippen molar-refractivity contribution in [3.8, 4) is 23.3 Å². The highest BCUT2D eigenvalue weighted by atomic mass is 35.5. The summed E-state index contributed by atoms with van der Waals surface area (Å²) in [6.45, 7) is -0.545. The monoisotopic (exact) mass is 293 g/mol. The molecule has 0 radical (unpaired) electrons. The van der Waals surface area contributed by atoms with Crippen molar-refractivity contribution in [2.45, 2.75) is 6.18 Å². The maximum absolute atomic E-state index is 11.8. The van der Waals surface area contributed by atoms with Gasteiger partial charge >= 0.3 is 12.1 Å². The topological polar surface area (TPSA) is 69.6 Å². The fraction of sp³-hybridized carbons (Fsp3) is 0.182. The first kappa shape index (κ1) is 15.0. The number of alkyl halides is 3. The average Bonchev–Trinajstić information content (AvgIpc) is 2.32. The van der Waals surface area contributed by atoms with Gasteiger partial charge in [0.2, 0.25) is 0 Å². The van der Waals surface area contributed by atoms with Crippen molar-refractivity contribution in [1.82, 2.24) is 5.32 Å². The molecule has 0 aliphatic heterocycles. The van der Waals surface area contributed by atoms with E-state index < -0.39 is 24.4 Å². The summed E-state index contributed by atoms with van der Waals surface area (Å²) < 4.78 is 35.4. The molecule has 1 aromatic carbocycles. The van der Waals surface area contributed by atoms with Crippen LogP contribution in [0.5, 0.6) is 11.5 Å². The van der Waals surface area contributed by atoms with Gasteiger partial charge in [-0.1, -0.05) is 23.4 Å². The Bertz CT molecular complexity index is 561. The van der Waals surface area contributed by atoms with Crippen LogP contribution < -0.4 is 5.32 Å². The number of carbonyl (C=O) groups is 1. The van der Waals surface area contributed by atoms with E-state index >= 15 is 0 Å². The maximum Gasteiger partial charge on any atom is 0.471 e. The van der Waals surface area contributed by atoms with Gasteiger partial charge in [-0.25, -0.2) is 0 Å². The van der Waals surface area contributed by atoms with Gasteiger partial charge in [0.05, 0.1) is 12.1 Å². The molecular weight excluding hydrogens is 287 g/mol. The van der Waals surface area contributed by atoms with Gasteiger partial charge in [0.1, 0.15) is 10.8 Å². The minimum atomic E-state index is -4.97. The third kappa shape index (κ3) is 3.96. The van der Waals surface area contributed by atoms with Gasteiger partial charge in [0.15, 0.2) is 5.75 Å². The number of phenolic OH excluding ortho intramolecular Hbond substituents is 2. The minimum Gasteiger partial charge on any atom is -0.506 e. The van der Waals surface area contributed by atoms with E-state index in [9.17, 15) is 23.1 Å². The van der Waals surface area contributed by atoms with E-state index in [-0.39, 0.29) is 16.3 Å². The van der Waals surface area contributed by atoms with Crippen LogP contribution in [0.15, 0.2) is 12.1 Å². The molecule has 0 aromatic heterocycles. The first-order valence-electron chi connectivity index (χ1n) is 4.78. The molecule has 8 heteroatoms. The van der Waals surface area contributed by atoms with Crippen LogP contribution >= 0.6 is 11.6 Å². The standard InChI is InChI=1S/C11H7ClF3NO3/c12-8-7(17)4-3-6(9(8)18)2-1-5-16-10(19)11(13,14)15/h3-4,17-18H,5H2,(H,16,19). The summed E-state index contributed by atoms with van der Waals surface area (Å²) >= 11 is 5.52. The normalized spacial score (nSPS) is 10.5. The lowest BCUT2D eigenvalue weighted by Crippen LogP contribution is -2.36. The molecule has 0 fully saturated rings. The quantitative estimate of drug-likeness (QED) is 0.691. The molecule has 3 N–H and O–H groups in total. The molecule has 1 amide bonds. The Hall–Kier alpha value is -2.07. The van der Waals surface area contributed by atoms with Crippen LogP contribution in [0.3, 0.4) is 0 Å². The first-order chi connectivity index (χ1) is 8.73. The maximum atomic E-state index is 11.8. The Labute approximate surface area is 110 Å². The van der Waals surface area contributed by atoms with Crippen LogP contribution in [-0.4, -0.2) is 28.8 Å². The number of hydrogen-bond donors (Lipinski definition) is 3. The lowest BCUT2D eigenvalue weighted by atomic mass is 10.2. The summed E-state index contributed by atoms with van der Waals surface area (Å²) in [6, 6.07) is 2.40. The molecule has 0 spiro atoms. The van der Waals surface area contributed by atoms with Crippen molar-refractivity contribution in [3.05, 3.63) is 22.7 Å². The predicted octanol–water partition coefficient (Wildman–Crippen LogP) is 1.78. The zero-order valence-electron chi connectivity index (χ0n) is 9.18. The van der Waals surface area contributed by atoms with Gasteiger partial charge in [-0.05, 0) is 12.1 Å². The minimum absolute atomic E-state index is 0.0176. The number of nitrogens with one attached hydrogen (secondary N) is 1. The molecule has 0 aliphatic rings. The molecule has 0 bridgehead atoms. The fourth-order valence-electron chi connectivity index (χ4n) is 1.02. The van der Waals surface area contributed by atoms with Crippen molar-refractivity contribution in [3.63, 3.8) is 0 Å². The number of rotatable bonds is 1. The van der Waals surface area contributed by atoms with Gasteiger partial charge in [-0.15, -0.1) is 0 Å². The Balaban J connectivity index is 2.71. The van der Waals surface area contributed by atoms with E-state index in [1.807, 2.05) is 0 Å². The van der Waals surface area contributed by atoms with E-state index in [4.69, 9.17) is 16.7 Å². The smallest absolute Gasteiger partial charge is 0.471 e. The van der Waals surface area contributed by atoms with Crippen molar-refractivity contribution in [2.75, 3.05) is 6.54 Å². The summed E-state index contributed by atoms with van der Waals surface area (Å²) in [6.07, 6.45) is -4.97. The highest BCUT2D eigenvalue weighted by Crippen LogP contribution is 2.34. The van der Waals surface area contributed by atoms with Crippen molar-refractivity contribution in [2.24, 2.45) is 0 Å². The first-order valence-corrected chi connectivity index (χ1v) is 5.15.